The number of rotatable bonds is 53. The van der Waals surface area contributed by atoms with Crippen LogP contribution in [0.25, 0.3) is 0 Å². The highest BCUT2D eigenvalue weighted by atomic mass is 16.6. The summed E-state index contributed by atoms with van der Waals surface area (Å²) in [4.78, 5) is 25.5. The quantitative estimate of drug-likeness (QED) is 0.0346. The van der Waals surface area contributed by atoms with Crippen molar-refractivity contribution in [3.63, 3.8) is 0 Å². The van der Waals surface area contributed by atoms with Crippen LogP contribution in [-0.2, 0) is 23.8 Å². The fraction of sp³-hybridized carbons (Fsp3) is 0.803. The molecule has 0 rings (SSSR count). The van der Waals surface area contributed by atoms with Crippen LogP contribution in [0, 0.1) is 0 Å². The van der Waals surface area contributed by atoms with Gasteiger partial charge in [0.05, 0.1) is 6.61 Å². The van der Waals surface area contributed by atoms with E-state index in [-0.39, 0.29) is 25.2 Å². The number of hydrogen-bond acceptors (Lipinski definition) is 5. The standard InChI is InChI=1S/C61H110O5/c1-4-7-10-13-16-19-22-25-28-30-32-35-38-41-44-47-50-53-56-64-57-59(66-61(63)55-52-49-46-43-40-37-33-27-24-21-18-15-12-9-6-3)58-65-60(62)54-51-48-45-42-39-36-34-31-29-26-23-20-17-14-11-8-5-2/h8,11,17,20,26-27,29,33-34,36,59H,4-7,9-10,12-16,18-19,21-25,28,30-32,35,37-58H2,1-3H3/b11-8-,20-17-,29-26-,33-27-,36-34-. The highest BCUT2D eigenvalue weighted by Gasteiger charge is 2.17. The SMILES string of the molecule is CC/C=C\C/C=C\C/C=C\C/C=C\CCCCCCC(=O)OCC(COCCCCCCCCCCCCCCCCCCCC)OC(=O)CCCCCCC/C=C\CCCCCCCC. The van der Waals surface area contributed by atoms with Gasteiger partial charge in [-0.1, -0.05) is 255 Å². The van der Waals surface area contributed by atoms with E-state index < -0.39 is 6.10 Å². The molecule has 0 spiro atoms. The monoisotopic (exact) mass is 923 g/mol. The average Bonchev–Trinajstić information content (AvgIpc) is 3.32. The van der Waals surface area contributed by atoms with Gasteiger partial charge < -0.3 is 14.2 Å². The molecule has 5 nitrogen and oxygen atoms in total. The summed E-state index contributed by atoms with van der Waals surface area (Å²) in [5.74, 6) is -0.422. The van der Waals surface area contributed by atoms with Gasteiger partial charge in [-0.25, -0.2) is 0 Å². The van der Waals surface area contributed by atoms with Gasteiger partial charge in [0.25, 0.3) is 0 Å². The molecule has 0 aliphatic heterocycles. The second-order valence-corrected chi connectivity index (χ2v) is 19.2. The first-order chi connectivity index (χ1) is 32.6. The Kier molecular flexibility index (Phi) is 54.9. The van der Waals surface area contributed by atoms with Crippen LogP contribution in [-0.4, -0.2) is 37.9 Å². The Morgan fingerprint density at radius 1 is 0.348 bits per heavy atom. The van der Waals surface area contributed by atoms with Crippen molar-refractivity contribution in [3.8, 4) is 0 Å². The van der Waals surface area contributed by atoms with Crippen molar-refractivity contribution in [2.24, 2.45) is 0 Å². The molecule has 0 N–H and O–H groups in total. The van der Waals surface area contributed by atoms with Crippen LogP contribution in [0.1, 0.15) is 290 Å². The van der Waals surface area contributed by atoms with Crippen molar-refractivity contribution in [1.82, 2.24) is 0 Å². The molecule has 66 heavy (non-hydrogen) atoms. The van der Waals surface area contributed by atoms with E-state index in [9.17, 15) is 9.59 Å². The first kappa shape index (κ1) is 63.6. The Bertz CT molecular complexity index is 1130. The zero-order valence-corrected chi connectivity index (χ0v) is 44.2. The molecule has 0 aromatic rings. The zero-order chi connectivity index (χ0) is 47.7. The fourth-order valence-corrected chi connectivity index (χ4v) is 8.26. The highest BCUT2D eigenvalue weighted by Crippen LogP contribution is 2.16. The van der Waals surface area contributed by atoms with Gasteiger partial charge in [-0.15, -0.1) is 0 Å². The molecular formula is C61H110O5. The number of unbranched alkanes of at least 4 members (excludes halogenated alkanes) is 32. The van der Waals surface area contributed by atoms with Crippen LogP contribution >= 0.6 is 0 Å². The van der Waals surface area contributed by atoms with Gasteiger partial charge in [-0.05, 0) is 83.5 Å². The summed E-state index contributed by atoms with van der Waals surface area (Å²) in [5.41, 5.74) is 0. The van der Waals surface area contributed by atoms with Crippen molar-refractivity contribution in [2.45, 2.75) is 297 Å². The Balaban J connectivity index is 4.29. The third-order valence-electron chi connectivity index (χ3n) is 12.5. The van der Waals surface area contributed by atoms with Crippen molar-refractivity contribution < 1.29 is 23.8 Å². The molecule has 0 aliphatic rings. The third-order valence-corrected chi connectivity index (χ3v) is 12.5. The van der Waals surface area contributed by atoms with E-state index in [2.05, 4.69) is 81.5 Å². The first-order valence-corrected chi connectivity index (χ1v) is 28.8. The molecule has 1 unspecified atom stereocenters. The topological polar surface area (TPSA) is 61.8 Å². The minimum Gasteiger partial charge on any atom is -0.462 e. The van der Waals surface area contributed by atoms with Gasteiger partial charge in [0.2, 0.25) is 0 Å². The summed E-state index contributed by atoms with van der Waals surface area (Å²) >= 11 is 0. The lowest BCUT2D eigenvalue weighted by molar-refractivity contribution is -0.163. The predicted octanol–water partition coefficient (Wildman–Crippen LogP) is 19.7. The summed E-state index contributed by atoms with van der Waals surface area (Å²) in [6.07, 6.45) is 72.4. The molecule has 0 aromatic carbocycles. The lowest BCUT2D eigenvalue weighted by Gasteiger charge is -2.18. The van der Waals surface area contributed by atoms with E-state index in [1.54, 1.807) is 0 Å². The van der Waals surface area contributed by atoms with E-state index in [1.165, 1.54) is 161 Å². The van der Waals surface area contributed by atoms with Crippen molar-refractivity contribution >= 4 is 11.9 Å². The summed E-state index contributed by atoms with van der Waals surface area (Å²) in [5, 5.41) is 0. The van der Waals surface area contributed by atoms with E-state index in [1.807, 2.05) is 0 Å². The lowest BCUT2D eigenvalue weighted by atomic mass is 10.0. The van der Waals surface area contributed by atoms with Gasteiger partial charge in [-0.3, -0.25) is 9.59 Å². The molecule has 5 heteroatoms. The minimum atomic E-state index is -0.550. The molecule has 0 aliphatic carbocycles. The summed E-state index contributed by atoms with van der Waals surface area (Å²) in [6, 6.07) is 0. The lowest BCUT2D eigenvalue weighted by Crippen LogP contribution is -2.30. The molecular weight excluding hydrogens is 813 g/mol. The Morgan fingerprint density at radius 2 is 0.682 bits per heavy atom. The molecule has 0 amide bonds. The number of esters is 2. The van der Waals surface area contributed by atoms with Gasteiger partial charge >= 0.3 is 11.9 Å². The molecule has 0 aromatic heterocycles. The van der Waals surface area contributed by atoms with Gasteiger partial charge in [0.15, 0.2) is 6.10 Å². The molecule has 1 atom stereocenters. The number of carbonyl (C=O) groups is 2. The van der Waals surface area contributed by atoms with Crippen LogP contribution in [0.2, 0.25) is 0 Å². The highest BCUT2D eigenvalue weighted by molar-refractivity contribution is 5.70. The predicted molar refractivity (Wildman–Crippen MR) is 288 cm³/mol. The first-order valence-electron chi connectivity index (χ1n) is 28.8. The second-order valence-electron chi connectivity index (χ2n) is 19.2. The third kappa shape index (κ3) is 54.2. The summed E-state index contributed by atoms with van der Waals surface area (Å²) in [7, 11) is 0. The Labute approximate surface area is 411 Å². The maximum absolute atomic E-state index is 12.8. The van der Waals surface area contributed by atoms with Crippen molar-refractivity contribution in [2.75, 3.05) is 19.8 Å². The number of allylic oxidation sites excluding steroid dienone is 10. The molecule has 0 fully saturated rings. The van der Waals surface area contributed by atoms with Crippen LogP contribution in [0.4, 0.5) is 0 Å². The van der Waals surface area contributed by atoms with E-state index in [4.69, 9.17) is 14.2 Å². The summed E-state index contributed by atoms with van der Waals surface area (Å²) in [6.45, 7) is 7.72. The van der Waals surface area contributed by atoms with E-state index in [0.717, 1.165) is 96.3 Å². The normalized spacial score (nSPS) is 12.6. The Morgan fingerprint density at radius 3 is 1.11 bits per heavy atom. The maximum atomic E-state index is 12.8. The summed E-state index contributed by atoms with van der Waals surface area (Å²) < 4.78 is 17.5. The van der Waals surface area contributed by atoms with Gasteiger partial charge in [0, 0.05) is 19.4 Å². The van der Waals surface area contributed by atoms with Gasteiger partial charge in [0.1, 0.15) is 6.61 Å². The molecule has 0 saturated heterocycles. The van der Waals surface area contributed by atoms with Crippen molar-refractivity contribution in [3.05, 3.63) is 60.8 Å². The molecule has 0 radical (unpaired) electrons. The van der Waals surface area contributed by atoms with Crippen LogP contribution in [0.3, 0.4) is 0 Å². The van der Waals surface area contributed by atoms with Crippen LogP contribution in [0.15, 0.2) is 60.8 Å². The fourth-order valence-electron chi connectivity index (χ4n) is 8.26. The van der Waals surface area contributed by atoms with Crippen molar-refractivity contribution in [1.29, 1.82) is 0 Å². The average molecular weight is 924 g/mol. The van der Waals surface area contributed by atoms with Crippen LogP contribution < -0.4 is 0 Å². The molecule has 0 bridgehead atoms. The van der Waals surface area contributed by atoms with E-state index >= 15 is 0 Å². The van der Waals surface area contributed by atoms with E-state index in [0.29, 0.717) is 19.4 Å². The number of ether oxygens (including phenoxy) is 3. The maximum Gasteiger partial charge on any atom is 0.306 e. The second kappa shape index (κ2) is 56.9. The molecule has 0 heterocycles. The number of hydrogen-bond donors (Lipinski definition) is 0. The van der Waals surface area contributed by atoms with Crippen LogP contribution in [0.5, 0.6) is 0 Å². The zero-order valence-electron chi connectivity index (χ0n) is 44.2. The molecule has 0 saturated carbocycles. The smallest absolute Gasteiger partial charge is 0.306 e. The number of carbonyl (C=O) groups excluding carboxylic acids is 2. The molecule has 384 valence electrons. The largest absolute Gasteiger partial charge is 0.462 e. The minimum absolute atomic E-state index is 0.0713. The Hall–Kier alpha value is -2.40. The van der Waals surface area contributed by atoms with Gasteiger partial charge in [-0.2, -0.15) is 0 Å².